The van der Waals surface area contributed by atoms with E-state index < -0.39 is 0 Å². The van der Waals surface area contributed by atoms with Gasteiger partial charge in [0.05, 0.1) is 6.17 Å². The minimum absolute atomic E-state index is 0.486. The van der Waals surface area contributed by atoms with Crippen LogP contribution in [0.2, 0.25) is 0 Å². The van der Waals surface area contributed by atoms with Gasteiger partial charge in [0.1, 0.15) is 0 Å². The van der Waals surface area contributed by atoms with Crippen LogP contribution in [0.4, 0.5) is 0 Å². The van der Waals surface area contributed by atoms with E-state index in [1.165, 1.54) is 12.8 Å². The van der Waals surface area contributed by atoms with E-state index in [-0.39, 0.29) is 0 Å². The molecule has 1 rings (SSSR count). The minimum atomic E-state index is 0.486. The largest absolute Gasteiger partial charge is 0.301 e. The molecule has 0 saturated carbocycles. The van der Waals surface area contributed by atoms with Gasteiger partial charge in [-0.25, -0.2) is 5.32 Å². The Labute approximate surface area is 50.7 Å². The molecule has 47 valence electrons. The van der Waals surface area contributed by atoms with Crippen LogP contribution in [0.25, 0.3) is 0 Å². The van der Waals surface area contributed by atoms with Crippen LogP contribution in [0.5, 0.6) is 0 Å². The monoisotopic (exact) mass is 113 g/mol. The van der Waals surface area contributed by atoms with Crippen LogP contribution in [-0.2, 0) is 0 Å². The van der Waals surface area contributed by atoms with Crippen LogP contribution >= 0.6 is 0 Å². The lowest BCUT2D eigenvalue weighted by molar-refractivity contribution is 0.488. The molecule has 1 unspecified atom stereocenters. The molecule has 2 heteroatoms. The second-order valence-corrected chi connectivity index (χ2v) is 2.11. The van der Waals surface area contributed by atoms with Crippen molar-refractivity contribution in [3.8, 4) is 0 Å². The summed E-state index contributed by atoms with van der Waals surface area (Å²) < 4.78 is 0. The van der Waals surface area contributed by atoms with Crippen molar-refractivity contribution in [3.63, 3.8) is 0 Å². The smallest absolute Gasteiger partial charge is 0.0736 e. The molecule has 1 aliphatic heterocycles. The number of hydrogen-bond donors (Lipinski definition) is 1. The lowest BCUT2D eigenvalue weighted by Gasteiger charge is -2.06. The van der Waals surface area contributed by atoms with Crippen molar-refractivity contribution in [2.24, 2.45) is 0 Å². The number of rotatable bonds is 2. The van der Waals surface area contributed by atoms with Gasteiger partial charge in [-0.2, -0.15) is 0 Å². The fourth-order valence-corrected chi connectivity index (χ4v) is 1.04. The van der Waals surface area contributed by atoms with Crippen molar-refractivity contribution in [3.05, 3.63) is 0 Å². The fourth-order valence-electron chi connectivity index (χ4n) is 1.04. The van der Waals surface area contributed by atoms with Crippen LogP contribution in [0.3, 0.4) is 0 Å². The summed E-state index contributed by atoms with van der Waals surface area (Å²) in [5.41, 5.74) is 0. The maximum atomic E-state index is 4.31. The molecule has 8 heavy (non-hydrogen) atoms. The van der Waals surface area contributed by atoms with Gasteiger partial charge < -0.3 is 5.32 Å². The molecule has 0 aromatic carbocycles. The molecule has 1 heterocycles. The molecule has 1 fully saturated rings. The molecule has 0 aromatic heterocycles. The highest BCUT2D eigenvalue weighted by atomic mass is 15.1. The Morgan fingerprint density at radius 3 is 3.12 bits per heavy atom. The summed E-state index contributed by atoms with van der Waals surface area (Å²) in [6, 6.07) is 0. The van der Waals surface area contributed by atoms with Crippen molar-refractivity contribution in [2.75, 3.05) is 13.1 Å². The van der Waals surface area contributed by atoms with Gasteiger partial charge in [-0.3, -0.25) is 0 Å². The van der Waals surface area contributed by atoms with Crippen LogP contribution < -0.4 is 10.6 Å². The molecule has 2 nitrogen and oxygen atoms in total. The van der Waals surface area contributed by atoms with Crippen LogP contribution in [0.1, 0.15) is 19.8 Å². The first-order valence-corrected chi connectivity index (χ1v) is 3.33. The molecular formula is C6H13N2. The van der Waals surface area contributed by atoms with E-state index in [0.717, 1.165) is 13.1 Å². The molecule has 1 N–H and O–H groups in total. The van der Waals surface area contributed by atoms with E-state index in [9.17, 15) is 0 Å². The highest BCUT2D eigenvalue weighted by molar-refractivity contribution is 4.69. The standard InChI is InChI=1S/C6H13N2/c1-2-7-6-4-3-5-8-6/h6,8H,2-5H2,1H3. The maximum absolute atomic E-state index is 4.31. The topological polar surface area (TPSA) is 26.1 Å². The van der Waals surface area contributed by atoms with Crippen LogP contribution in [0.15, 0.2) is 0 Å². The molecule has 0 spiro atoms. The lowest BCUT2D eigenvalue weighted by Crippen LogP contribution is -2.31. The first-order chi connectivity index (χ1) is 3.93. The van der Waals surface area contributed by atoms with Gasteiger partial charge in [0.2, 0.25) is 0 Å². The van der Waals surface area contributed by atoms with Gasteiger partial charge in [-0.15, -0.1) is 0 Å². The van der Waals surface area contributed by atoms with Crippen molar-refractivity contribution in [1.29, 1.82) is 0 Å². The predicted molar refractivity (Wildman–Crippen MR) is 33.7 cm³/mol. The van der Waals surface area contributed by atoms with Gasteiger partial charge in [0.25, 0.3) is 0 Å². The second kappa shape index (κ2) is 3.05. The third-order valence-electron chi connectivity index (χ3n) is 1.44. The Balaban J connectivity index is 2.06. The van der Waals surface area contributed by atoms with Gasteiger partial charge in [-0.05, 0) is 19.4 Å². The zero-order valence-electron chi connectivity index (χ0n) is 5.35. The van der Waals surface area contributed by atoms with Gasteiger partial charge in [-0.1, -0.05) is 6.92 Å². The number of hydrogen-bond acceptors (Lipinski definition) is 1. The van der Waals surface area contributed by atoms with E-state index in [0.29, 0.717) is 6.17 Å². The quantitative estimate of drug-likeness (QED) is 0.548. The molecule has 0 amide bonds. The van der Waals surface area contributed by atoms with Crippen LogP contribution in [-0.4, -0.2) is 19.3 Å². The van der Waals surface area contributed by atoms with Crippen LogP contribution in [0, 0.1) is 0 Å². The average molecular weight is 113 g/mol. The zero-order chi connectivity index (χ0) is 5.82. The molecule has 1 radical (unpaired) electrons. The Morgan fingerprint density at radius 1 is 1.75 bits per heavy atom. The third kappa shape index (κ3) is 1.46. The van der Waals surface area contributed by atoms with E-state index in [1.807, 2.05) is 0 Å². The maximum Gasteiger partial charge on any atom is 0.0736 e. The fraction of sp³-hybridized carbons (Fsp3) is 1.00. The van der Waals surface area contributed by atoms with E-state index in [1.54, 1.807) is 0 Å². The highest BCUT2D eigenvalue weighted by Gasteiger charge is 2.11. The summed E-state index contributed by atoms with van der Waals surface area (Å²) >= 11 is 0. The minimum Gasteiger partial charge on any atom is -0.301 e. The molecule has 0 aliphatic carbocycles. The summed E-state index contributed by atoms with van der Waals surface area (Å²) in [7, 11) is 0. The molecule has 1 saturated heterocycles. The van der Waals surface area contributed by atoms with E-state index >= 15 is 0 Å². The summed E-state index contributed by atoms with van der Waals surface area (Å²) in [5.74, 6) is 0. The van der Waals surface area contributed by atoms with E-state index in [4.69, 9.17) is 0 Å². The van der Waals surface area contributed by atoms with Gasteiger partial charge in [0, 0.05) is 6.54 Å². The SMILES string of the molecule is CC[N]C1CCCN1. The Hall–Kier alpha value is -0.0800. The zero-order valence-corrected chi connectivity index (χ0v) is 5.35. The Bertz CT molecular complexity index is 57.5. The normalized spacial score (nSPS) is 28.9. The van der Waals surface area contributed by atoms with Crippen molar-refractivity contribution < 1.29 is 0 Å². The first kappa shape index (κ1) is 6.05. The number of nitrogens with zero attached hydrogens (tertiary/aromatic N) is 1. The summed E-state index contributed by atoms with van der Waals surface area (Å²) in [6.45, 7) is 4.20. The van der Waals surface area contributed by atoms with E-state index in [2.05, 4.69) is 17.6 Å². The van der Waals surface area contributed by atoms with Gasteiger partial charge in [0.15, 0.2) is 0 Å². The molecule has 0 bridgehead atoms. The van der Waals surface area contributed by atoms with Crippen molar-refractivity contribution >= 4 is 0 Å². The highest BCUT2D eigenvalue weighted by Crippen LogP contribution is 2.01. The Morgan fingerprint density at radius 2 is 2.62 bits per heavy atom. The molecule has 1 atom stereocenters. The van der Waals surface area contributed by atoms with Crippen molar-refractivity contribution in [1.82, 2.24) is 10.6 Å². The lowest BCUT2D eigenvalue weighted by atomic mass is 10.3. The summed E-state index contributed by atoms with van der Waals surface area (Å²) in [4.78, 5) is 0. The molecule has 1 aliphatic rings. The first-order valence-electron chi connectivity index (χ1n) is 3.33. The molecular weight excluding hydrogens is 100 g/mol. The number of nitrogens with one attached hydrogen (secondary N) is 1. The third-order valence-corrected chi connectivity index (χ3v) is 1.44. The average Bonchev–Trinajstić information content (AvgIpc) is 2.19. The van der Waals surface area contributed by atoms with Gasteiger partial charge >= 0.3 is 0 Å². The summed E-state index contributed by atoms with van der Waals surface area (Å²) in [6.07, 6.45) is 3.03. The summed E-state index contributed by atoms with van der Waals surface area (Å²) in [5, 5.41) is 7.60. The predicted octanol–water partition coefficient (Wildman–Crippen LogP) is 0.320. The Kier molecular flexibility index (Phi) is 2.30. The molecule has 0 aromatic rings. The van der Waals surface area contributed by atoms with Crippen molar-refractivity contribution in [2.45, 2.75) is 25.9 Å². The second-order valence-electron chi connectivity index (χ2n) is 2.11.